The molecule has 3 fully saturated rings. The normalized spacial score (nSPS) is 35.1. The minimum Gasteiger partial charge on any atom is -0.206 e. The number of halogens is 4. The van der Waals surface area contributed by atoms with Crippen LogP contribution in [0.2, 0.25) is 0 Å². The first-order chi connectivity index (χ1) is 14.3. The molecule has 0 amide bonds. The first kappa shape index (κ1) is 22.1. The van der Waals surface area contributed by atoms with Crippen LogP contribution in [0.25, 0.3) is 0 Å². The van der Waals surface area contributed by atoms with E-state index in [9.17, 15) is 17.6 Å². The predicted octanol–water partition coefficient (Wildman–Crippen LogP) is 8.75. The quantitative estimate of drug-likeness (QED) is 0.424. The van der Waals surface area contributed by atoms with Gasteiger partial charge in [0.15, 0.2) is 0 Å². The molecule has 4 heteroatoms. The van der Waals surface area contributed by atoms with Gasteiger partial charge in [-0.3, -0.25) is 0 Å². The zero-order valence-corrected chi connectivity index (χ0v) is 18.2. The summed E-state index contributed by atoms with van der Waals surface area (Å²) >= 11 is 0. The minimum absolute atomic E-state index is 0.207. The second-order valence-electron chi connectivity index (χ2n) is 10.4. The van der Waals surface area contributed by atoms with Crippen molar-refractivity contribution < 1.29 is 17.6 Å². The molecule has 0 heterocycles. The standard InChI is InChI=1S/C26H36F4/c1-2-3-17-4-5-22-15-21(11-10-20(22)14-17)18-6-8-19(9-7-18)23-12-13-24(25(27)16-23)26(28,29)30/h12-13,16-22H,2-11,14-15H2,1H3. The molecule has 0 spiro atoms. The van der Waals surface area contributed by atoms with Crippen molar-refractivity contribution in [3.05, 3.63) is 35.1 Å². The van der Waals surface area contributed by atoms with Gasteiger partial charge in [0, 0.05) is 0 Å². The molecule has 0 aliphatic heterocycles. The third kappa shape index (κ3) is 4.88. The van der Waals surface area contributed by atoms with Crippen molar-refractivity contribution >= 4 is 0 Å². The Balaban J connectivity index is 1.30. The molecule has 4 unspecified atom stereocenters. The highest BCUT2D eigenvalue weighted by Crippen LogP contribution is 2.50. The summed E-state index contributed by atoms with van der Waals surface area (Å²) in [5.74, 6) is 3.52. The summed E-state index contributed by atoms with van der Waals surface area (Å²) in [4.78, 5) is 0. The number of benzene rings is 1. The van der Waals surface area contributed by atoms with Crippen LogP contribution in [0, 0.1) is 35.4 Å². The fraction of sp³-hybridized carbons (Fsp3) is 0.769. The third-order valence-electron chi connectivity index (χ3n) is 8.67. The highest BCUT2D eigenvalue weighted by atomic mass is 19.4. The van der Waals surface area contributed by atoms with Crippen molar-refractivity contribution in [2.75, 3.05) is 0 Å². The van der Waals surface area contributed by atoms with E-state index >= 15 is 0 Å². The Morgan fingerprint density at radius 2 is 1.40 bits per heavy atom. The van der Waals surface area contributed by atoms with Crippen molar-refractivity contribution in [3.8, 4) is 0 Å². The van der Waals surface area contributed by atoms with Crippen LogP contribution in [-0.4, -0.2) is 0 Å². The summed E-state index contributed by atoms with van der Waals surface area (Å²) in [6.45, 7) is 2.30. The summed E-state index contributed by atoms with van der Waals surface area (Å²) in [7, 11) is 0. The van der Waals surface area contributed by atoms with Crippen LogP contribution in [0.3, 0.4) is 0 Å². The maximum absolute atomic E-state index is 14.0. The van der Waals surface area contributed by atoms with Gasteiger partial charge in [0.2, 0.25) is 0 Å². The van der Waals surface area contributed by atoms with Gasteiger partial charge in [0.1, 0.15) is 5.82 Å². The molecule has 0 saturated heterocycles. The van der Waals surface area contributed by atoms with Crippen LogP contribution in [0.4, 0.5) is 17.6 Å². The first-order valence-electron chi connectivity index (χ1n) is 12.2. The number of hydrogen-bond acceptors (Lipinski definition) is 0. The molecule has 4 atom stereocenters. The van der Waals surface area contributed by atoms with Crippen LogP contribution in [0.5, 0.6) is 0 Å². The Morgan fingerprint density at radius 3 is 2.03 bits per heavy atom. The maximum Gasteiger partial charge on any atom is 0.419 e. The number of hydrogen-bond donors (Lipinski definition) is 0. The molecule has 30 heavy (non-hydrogen) atoms. The van der Waals surface area contributed by atoms with Gasteiger partial charge >= 0.3 is 6.18 Å². The zero-order valence-electron chi connectivity index (χ0n) is 18.2. The van der Waals surface area contributed by atoms with E-state index < -0.39 is 17.6 Å². The molecule has 0 radical (unpaired) electrons. The second kappa shape index (κ2) is 9.20. The molecule has 3 saturated carbocycles. The second-order valence-corrected chi connectivity index (χ2v) is 10.4. The molecule has 3 aliphatic rings. The van der Waals surface area contributed by atoms with Crippen molar-refractivity contribution in [1.82, 2.24) is 0 Å². The zero-order chi connectivity index (χ0) is 21.3. The van der Waals surface area contributed by atoms with Gasteiger partial charge in [-0.05, 0) is 111 Å². The van der Waals surface area contributed by atoms with E-state index in [-0.39, 0.29) is 5.92 Å². The minimum atomic E-state index is -4.62. The molecule has 168 valence electrons. The Bertz CT molecular complexity index is 701. The van der Waals surface area contributed by atoms with Gasteiger partial charge in [-0.1, -0.05) is 32.3 Å². The van der Waals surface area contributed by atoms with E-state index in [0.29, 0.717) is 0 Å². The largest absolute Gasteiger partial charge is 0.419 e. The van der Waals surface area contributed by atoms with Crippen molar-refractivity contribution in [2.45, 2.75) is 96.1 Å². The summed E-state index contributed by atoms with van der Waals surface area (Å²) in [5, 5.41) is 0. The Morgan fingerprint density at radius 1 is 0.800 bits per heavy atom. The predicted molar refractivity (Wildman–Crippen MR) is 113 cm³/mol. The Kier molecular flexibility index (Phi) is 6.79. The van der Waals surface area contributed by atoms with E-state index in [1.165, 1.54) is 57.4 Å². The average molecular weight is 425 g/mol. The number of fused-ring (bicyclic) bond motifs is 1. The van der Waals surface area contributed by atoms with Gasteiger partial charge in [0.25, 0.3) is 0 Å². The number of rotatable bonds is 4. The van der Waals surface area contributed by atoms with E-state index in [4.69, 9.17) is 0 Å². The van der Waals surface area contributed by atoms with Crippen LogP contribution < -0.4 is 0 Å². The molecule has 1 aromatic carbocycles. The van der Waals surface area contributed by atoms with E-state index in [1.54, 1.807) is 0 Å². The van der Waals surface area contributed by atoms with Gasteiger partial charge in [-0.2, -0.15) is 13.2 Å². The molecule has 0 bridgehead atoms. The van der Waals surface area contributed by atoms with Gasteiger partial charge in [-0.15, -0.1) is 0 Å². The van der Waals surface area contributed by atoms with Gasteiger partial charge < -0.3 is 0 Å². The van der Waals surface area contributed by atoms with E-state index in [0.717, 1.165) is 73.0 Å². The summed E-state index contributed by atoms with van der Waals surface area (Å²) < 4.78 is 52.4. The third-order valence-corrected chi connectivity index (χ3v) is 8.67. The highest BCUT2D eigenvalue weighted by Gasteiger charge is 2.39. The fourth-order valence-electron chi connectivity index (χ4n) is 7.06. The monoisotopic (exact) mass is 424 g/mol. The lowest BCUT2D eigenvalue weighted by atomic mass is 9.60. The molecule has 0 N–H and O–H groups in total. The van der Waals surface area contributed by atoms with E-state index in [1.807, 2.05) is 0 Å². The molecule has 0 nitrogen and oxygen atoms in total. The SMILES string of the molecule is CCCC1CCC2CC(C3CCC(c4ccc(C(F)(F)F)c(F)c4)CC3)CCC2C1. The van der Waals surface area contributed by atoms with Crippen molar-refractivity contribution in [3.63, 3.8) is 0 Å². The van der Waals surface area contributed by atoms with Gasteiger partial charge in [0.05, 0.1) is 5.56 Å². The summed E-state index contributed by atoms with van der Waals surface area (Å²) in [6.07, 6.45) is 10.8. The van der Waals surface area contributed by atoms with Crippen LogP contribution in [-0.2, 0) is 6.18 Å². The smallest absolute Gasteiger partial charge is 0.206 e. The summed E-state index contributed by atoms with van der Waals surface area (Å²) in [6, 6.07) is 3.55. The first-order valence-corrected chi connectivity index (χ1v) is 12.2. The molecule has 3 aliphatic carbocycles. The molecular formula is C26H36F4. The average Bonchev–Trinajstić information content (AvgIpc) is 2.73. The molecule has 4 rings (SSSR count). The molecule has 0 aromatic heterocycles. The molecule has 1 aromatic rings. The van der Waals surface area contributed by atoms with E-state index in [2.05, 4.69) is 6.92 Å². The van der Waals surface area contributed by atoms with Crippen molar-refractivity contribution in [2.24, 2.45) is 29.6 Å². The fourth-order valence-corrected chi connectivity index (χ4v) is 7.06. The topological polar surface area (TPSA) is 0 Å². The van der Waals surface area contributed by atoms with Crippen LogP contribution in [0.1, 0.15) is 101 Å². The van der Waals surface area contributed by atoms with Gasteiger partial charge in [-0.25, -0.2) is 4.39 Å². The highest BCUT2D eigenvalue weighted by molar-refractivity contribution is 5.29. The Labute approximate surface area is 178 Å². The van der Waals surface area contributed by atoms with Crippen molar-refractivity contribution in [1.29, 1.82) is 0 Å². The summed E-state index contributed by atoms with van der Waals surface area (Å²) in [5.41, 5.74) is -0.401. The Hall–Kier alpha value is -1.06. The van der Waals surface area contributed by atoms with Crippen LogP contribution >= 0.6 is 0 Å². The number of alkyl halides is 3. The lowest BCUT2D eigenvalue weighted by molar-refractivity contribution is -0.140. The van der Waals surface area contributed by atoms with Crippen LogP contribution in [0.15, 0.2) is 18.2 Å². The maximum atomic E-state index is 14.0. The molecular weight excluding hydrogens is 388 g/mol. The lowest BCUT2D eigenvalue weighted by Crippen LogP contribution is -2.34. The lowest BCUT2D eigenvalue weighted by Gasteiger charge is -2.45.